The molecular weight excluding hydrogens is 260 g/mol. The monoisotopic (exact) mass is 292 g/mol. The Bertz CT molecular complexity index is 419. The molecule has 0 atom stereocenters. The first kappa shape index (κ1) is 16.6. The Kier molecular flexibility index (Phi) is 6.31. The summed E-state index contributed by atoms with van der Waals surface area (Å²) in [4.78, 5) is 2.59. The fourth-order valence-electron chi connectivity index (χ4n) is 3.29. The SMILES string of the molecule is CCN(Cc1cc(C)c(CNC(C)C)o1)C1CCCCC1. The van der Waals surface area contributed by atoms with Crippen molar-refractivity contribution in [3.05, 3.63) is 23.2 Å². The van der Waals surface area contributed by atoms with Gasteiger partial charge in [0.25, 0.3) is 0 Å². The number of furan rings is 1. The van der Waals surface area contributed by atoms with Crippen molar-refractivity contribution in [2.45, 2.75) is 85.0 Å². The summed E-state index contributed by atoms with van der Waals surface area (Å²) in [5.41, 5.74) is 1.28. The van der Waals surface area contributed by atoms with Crippen molar-refractivity contribution in [2.24, 2.45) is 0 Å². The second kappa shape index (κ2) is 8.00. The van der Waals surface area contributed by atoms with Gasteiger partial charge in [-0.05, 0) is 37.9 Å². The minimum Gasteiger partial charge on any atom is -0.463 e. The van der Waals surface area contributed by atoms with E-state index in [4.69, 9.17) is 4.42 Å². The second-order valence-corrected chi connectivity index (χ2v) is 6.71. The average Bonchev–Trinajstić information content (AvgIpc) is 2.83. The molecule has 120 valence electrons. The molecule has 0 amide bonds. The van der Waals surface area contributed by atoms with Crippen molar-refractivity contribution < 1.29 is 4.42 Å². The lowest BCUT2D eigenvalue weighted by Gasteiger charge is -2.32. The molecular formula is C18H32N2O. The van der Waals surface area contributed by atoms with Crippen LogP contribution in [0.25, 0.3) is 0 Å². The molecule has 1 N–H and O–H groups in total. The van der Waals surface area contributed by atoms with Gasteiger partial charge in [0.15, 0.2) is 0 Å². The first-order valence-electron chi connectivity index (χ1n) is 8.65. The van der Waals surface area contributed by atoms with Crippen LogP contribution in [0.5, 0.6) is 0 Å². The van der Waals surface area contributed by atoms with E-state index in [1.807, 2.05) is 0 Å². The molecule has 2 rings (SSSR count). The summed E-state index contributed by atoms with van der Waals surface area (Å²) < 4.78 is 6.08. The van der Waals surface area contributed by atoms with Gasteiger partial charge in [-0.2, -0.15) is 0 Å². The molecule has 0 saturated heterocycles. The molecule has 21 heavy (non-hydrogen) atoms. The van der Waals surface area contributed by atoms with E-state index in [9.17, 15) is 0 Å². The first-order chi connectivity index (χ1) is 10.1. The van der Waals surface area contributed by atoms with E-state index in [0.29, 0.717) is 6.04 Å². The molecule has 0 aliphatic heterocycles. The minimum absolute atomic E-state index is 0.493. The predicted octanol–water partition coefficient (Wildman–Crippen LogP) is 4.24. The van der Waals surface area contributed by atoms with E-state index < -0.39 is 0 Å². The van der Waals surface area contributed by atoms with Crippen LogP contribution in [-0.2, 0) is 13.1 Å². The molecule has 3 heteroatoms. The molecule has 0 unspecified atom stereocenters. The maximum atomic E-state index is 6.08. The Balaban J connectivity index is 1.95. The fraction of sp³-hybridized carbons (Fsp3) is 0.778. The zero-order valence-electron chi connectivity index (χ0n) is 14.2. The number of nitrogens with one attached hydrogen (secondary N) is 1. The molecule has 0 spiro atoms. The Hall–Kier alpha value is -0.800. The Morgan fingerprint density at radius 3 is 2.62 bits per heavy atom. The third-order valence-electron chi connectivity index (χ3n) is 4.60. The summed E-state index contributed by atoms with van der Waals surface area (Å²) in [6.07, 6.45) is 6.91. The summed E-state index contributed by atoms with van der Waals surface area (Å²) in [6.45, 7) is 11.7. The maximum absolute atomic E-state index is 6.08. The lowest BCUT2D eigenvalue weighted by molar-refractivity contribution is 0.144. The third kappa shape index (κ3) is 4.86. The van der Waals surface area contributed by atoms with E-state index in [1.165, 1.54) is 37.7 Å². The van der Waals surface area contributed by atoms with Crippen LogP contribution < -0.4 is 5.32 Å². The molecule has 1 fully saturated rings. The van der Waals surface area contributed by atoms with Crippen molar-refractivity contribution in [3.63, 3.8) is 0 Å². The molecule has 0 bridgehead atoms. The molecule has 3 nitrogen and oxygen atoms in total. The lowest BCUT2D eigenvalue weighted by Crippen LogP contribution is -2.35. The van der Waals surface area contributed by atoms with Crippen LogP contribution in [-0.4, -0.2) is 23.5 Å². The largest absolute Gasteiger partial charge is 0.463 e. The van der Waals surface area contributed by atoms with Crippen LogP contribution >= 0.6 is 0 Å². The fourth-order valence-corrected chi connectivity index (χ4v) is 3.29. The van der Waals surface area contributed by atoms with Gasteiger partial charge in [-0.25, -0.2) is 0 Å². The number of hydrogen-bond donors (Lipinski definition) is 1. The third-order valence-corrected chi connectivity index (χ3v) is 4.60. The smallest absolute Gasteiger partial charge is 0.120 e. The standard InChI is InChI=1S/C18H32N2O/c1-5-20(16-9-7-6-8-10-16)13-17-11-15(4)18(21-17)12-19-14(2)3/h11,14,16,19H,5-10,12-13H2,1-4H3. The lowest BCUT2D eigenvalue weighted by atomic mass is 9.94. The quantitative estimate of drug-likeness (QED) is 0.815. The predicted molar refractivity (Wildman–Crippen MR) is 88.4 cm³/mol. The molecule has 1 aliphatic carbocycles. The first-order valence-corrected chi connectivity index (χ1v) is 8.65. The van der Waals surface area contributed by atoms with Crippen LogP contribution in [0.3, 0.4) is 0 Å². The van der Waals surface area contributed by atoms with Crippen LogP contribution in [0, 0.1) is 6.92 Å². The van der Waals surface area contributed by atoms with E-state index in [0.717, 1.165) is 37.2 Å². The van der Waals surface area contributed by atoms with E-state index in [2.05, 4.69) is 44.0 Å². The maximum Gasteiger partial charge on any atom is 0.120 e. The van der Waals surface area contributed by atoms with Gasteiger partial charge >= 0.3 is 0 Å². The van der Waals surface area contributed by atoms with Gasteiger partial charge in [0.1, 0.15) is 11.5 Å². The van der Waals surface area contributed by atoms with Gasteiger partial charge in [-0.3, -0.25) is 4.90 Å². The van der Waals surface area contributed by atoms with Crippen LogP contribution in [0.15, 0.2) is 10.5 Å². The highest BCUT2D eigenvalue weighted by molar-refractivity contribution is 5.20. The zero-order chi connectivity index (χ0) is 15.2. The summed E-state index contributed by atoms with van der Waals surface area (Å²) >= 11 is 0. The van der Waals surface area contributed by atoms with Crippen LogP contribution in [0.4, 0.5) is 0 Å². The van der Waals surface area contributed by atoms with E-state index >= 15 is 0 Å². The molecule has 0 radical (unpaired) electrons. The molecule has 1 heterocycles. The summed E-state index contributed by atoms with van der Waals surface area (Å²) in [6, 6.07) is 3.47. The van der Waals surface area contributed by atoms with Gasteiger partial charge in [-0.1, -0.05) is 40.0 Å². The molecule has 1 saturated carbocycles. The van der Waals surface area contributed by atoms with Crippen molar-refractivity contribution in [1.29, 1.82) is 0 Å². The molecule has 1 aromatic heterocycles. The van der Waals surface area contributed by atoms with E-state index in [-0.39, 0.29) is 0 Å². The van der Waals surface area contributed by atoms with Gasteiger partial charge in [0.2, 0.25) is 0 Å². The van der Waals surface area contributed by atoms with Crippen molar-refractivity contribution >= 4 is 0 Å². The Morgan fingerprint density at radius 2 is 2.00 bits per heavy atom. The molecule has 0 aromatic carbocycles. The summed E-state index contributed by atoms with van der Waals surface area (Å²) in [5.74, 6) is 2.22. The Morgan fingerprint density at radius 1 is 1.29 bits per heavy atom. The van der Waals surface area contributed by atoms with Gasteiger partial charge < -0.3 is 9.73 Å². The number of hydrogen-bond acceptors (Lipinski definition) is 3. The summed E-state index contributed by atoms with van der Waals surface area (Å²) in [7, 11) is 0. The van der Waals surface area contributed by atoms with Gasteiger partial charge in [-0.15, -0.1) is 0 Å². The second-order valence-electron chi connectivity index (χ2n) is 6.71. The number of nitrogens with zero attached hydrogens (tertiary/aromatic N) is 1. The van der Waals surface area contributed by atoms with Crippen molar-refractivity contribution in [3.8, 4) is 0 Å². The minimum atomic E-state index is 0.493. The Labute approximate surface area is 130 Å². The highest BCUT2D eigenvalue weighted by atomic mass is 16.3. The van der Waals surface area contributed by atoms with Gasteiger partial charge in [0, 0.05) is 12.1 Å². The van der Waals surface area contributed by atoms with E-state index in [1.54, 1.807) is 0 Å². The number of rotatable bonds is 7. The normalized spacial score (nSPS) is 17.0. The topological polar surface area (TPSA) is 28.4 Å². The highest BCUT2D eigenvalue weighted by Crippen LogP contribution is 2.25. The highest BCUT2D eigenvalue weighted by Gasteiger charge is 2.21. The average molecular weight is 292 g/mol. The van der Waals surface area contributed by atoms with Crippen molar-refractivity contribution in [1.82, 2.24) is 10.2 Å². The molecule has 1 aliphatic rings. The summed E-state index contributed by atoms with van der Waals surface area (Å²) in [5, 5.41) is 3.44. The van der Waals surface area contributed by atoms with Crippen molar-refractivity contribution in [2.75, 3.05) is 6.54 Å². The van der Waals surface area contributed by atoms with Crippen LogP contribution in [0.1, 0.15) is 70.0 Å². The number of aryl methyl sites for hydroxylation is 1. The van der Waals surface area contributed by atoms with Gasteiger partial charge in [0.05, 0.1) is 13.1 Å². The zero-order valence-corrected chi connectivity index (χ0v) is 14.2. The molecule has 1 aromatic rings. The van der Waals surface area contributed by atoms with Crippen LogP contribution in [0.2, 0.25) is 0 Å².